The Morgan fingerprint density at radius 3 is 2.64 bits per heavy atom. The lowest BCUT2D eigenvalue weighted by atomic mass is 10.0. The minimum absolute atomic E-state index is 0.0380. The van der Waals surface area contributed by atoms with E-state index in [4.69, 9.17) is 9.47 Å². The summed E-state index contributed by atoms with van der Waals surface area (Å²) < 4.78 is 41.1. The Balaban J connectivity index is 1.16. The average molecular weight is 568 g/mol. The van der Waals surface area contributed by atoms with Gasteiger partial charge >= 0.3 is 0 Å². The number of thioether (sulfide) groups is 1. The molecule has 4 heterocycles. The molecule has 1 N–H and O–H groups in total. The molecule has 2 aliphatic rings. The zero-order chi connectivity index (χ0) is 27.1. The van der Waals surface area contributed by atoms with E-state index in [1.807, 2.05) is 36.4 Å². The van der Waals surface area contributed by atoms with Crippen molar-refractivity contribution in [1.82, 2.24) is 18.9 Å². The fraction of sp³-hybridized carbons (Fsp3) is 0.370. The van der Waals surface area contributed by atoms with Crippen LogP contribution in [0.25, 0.3) is 16.6 Å². The number of aromatic nitrogens is 3. The van der Waals surface area contributed by atoms with Gasteiger partial charge in [-0.05, 0) is 68.1 Å². The van der Waals surface area contributed by atoms with Gasteiger partial charge in [-0.3, -0.25) is 9.20 Å². The Morgan fingerprint density at radius 2 is 1.87 bits per heavy atom. The molecule has 4 aromatic rings. The predicted molar refractivity (Wildman–Crippen MR) is 149 cm³/mol. The second-order valence-corrected chi connectivity index (χ2v) is 12.6. The molecular weight excluding hydrogens is 538 g/mol. The second kappa shape index (κ2) is 10.3. The number of hydrogen-bond acceptors (Lipinski definition) is 8. The first-order valence-electron chi connectivity index (χ1n) is 13.0. The van der Waals surface area contributed by atoms with Crippen molar-refractivity contribution in [3.05, 3.63) is 48.0 Å². The van der Waals surface area contributed by atoms with Gasteiger partial charge in [0.25, 0.3) is 0 Å². The number of benzene rings is 2. The van der Waals surface area contributed by atoms with Gasteiger partial charge in [0.05, 0.1) is 16.2 Å². The lowest BCUT2D eigenvalue weighted by Gasteiger charge is -2.34. The highest BCUT2D eigenvalue weighted by Crippen LogP contribution is 2.37. The minimum atomic E-state index is -3.57. The molecule has 12 heteroatoms. The first kappa shape index (κ1) is 25.9. The van der Waals surface area contributed by atoms with Gasteiger partial charge in [0.1, 0.15) is 0 Å². The first-order chi connectivity index (χ1) is 18.8. The van der Waals surface area contributed by atoms with Crippen LogP contribution in [0.2, 0.25) is 0 Å². The molecule has 0 bridgehead atoms. The Bertz CT molecular complexity index is 1670. The highest BCUT2D eigenvalue weighted by molar-refractivity contribution is 7.99. The van der Waals surface area contributed by atoms with E-state index in [1.54, 1.807) is 28.6 Å². The summed E-state index contributed by atoms with van der Waals surface area (Å²) in [6.45, 7) is 4.72. The number of sulfonamides is 1. The van der Waals surface area contributed by atoms with Crippen LogP contribution in [0.1, 0.15) is 38.2 Å². The number of nitrogens with zero attached hydrogens (tertiary/aromatic N) is 4. The number of amides is 1. The third-order valence-electron chi connectivity index (χ3n) is 7.24. The van der Waals surface area contributed by atoms with Crippen molar-refractivity contribution < 1.29 is 22.7 Å². The van der Waals surface area contributed by atoms with Crippen LogP contribution in [0.3, 0.4) is 0 Å². The summed E-state index contributed by atoms with van der Waals surface area (Å²) in [5, 5.41) is 13.1. The number of rotatable bonds is 7. The van der Waals surface area contributed by atoms with E-state index in [0.717, 1.165) is 42.1 Å². The average Bonchev–Trinajstić information content (AvgIpc) is 3.58. The Morgan fingerprint density at radius 1 is 1.10 bits per heavy atom. The molecule has 1 atom stereocenters. The van der Waals surface area contributed by atoms with E-state index >= 15 is 0 Å². The van der Waals surface area contributed by atoms with Crippen LogP contribution in [-0.4, -0.2) is 58.4 Å². The van der Waals surface area contributed by atoms with Crippen molar-refractivity contribution in [1.29, 1.82) is 0 Å². The maximum atomic E-state index is 13.2. The number of nitrogens with one attached hydrogen (secondary N) is 1. The molecule has 10 nitrogen and oxygen atoms in total. The van der Waals surface area contributed by atoms with Gasteiger partial charge in [-0.25, -0.2) is 8.42 Å². The monoisotopic (exact) mass is 567 g/mol. The molecule has 0 saturated carbocycles. The number of ether oxygens (including phenoxy) is 2. The number of carbonyl (C=O) groups is 1. The Labute approximate surface area is 230 Å². The molecule has 2 aromatic carbocycles. The zero-order valence-corrected chi connectivity index (χ0v) is 23.3. The molecule has 0 radical (unpaired) electrons. The number of fused-ring (bicyclic) bond motifs is 4. The summed E-state index contributed by atoms with van der Waals surface area (Å²) in [6, 6.07) is 12.3. The number of hydrogen-bond donors (Lipinski definition) is 1. The minimum Gasteiger partial charge on any atom is -0.454 e. The number of anilines is 1. The van der Waals surface area contributed by atoms with E-state index in [-0.39, 0.29) is 29.4 Å². The van der Waals surface area contributed by atoms with E-state index < -0.39 is 10.0 Å². The third kappa shape index (κ3) is 4.81. The van der Waals surface area contributed by atoms with Crippen molar-refractivity contribution in [3.63, 3.8) is 0 Å². The highest BCUT2D eigenvalue weighted by Gasteiger charge is 2.32. The summed E-state index contributed by atoms with van der Waals surface area (Å²) in [6.07, 6.45) is 3.62. The molecule has 2 aliphatic heterocycles. The molecule has 1 amide bonds. The number of aryl methyl sites for hydroxylation is 1. The molecule has 2 aromatic heterocycles. The van der Waals surface area contributed by atoms with E-state index in [1.165, 1.54) is 11.8 Å². The summed E-state index contributed by atoms with van der Waals surface area (Å²) in [5.74, 6) is 1.23. The smallest absolute Gasteiger partial charge is 0.243 e. The van der Waals surface area contributed by atoms with Crippen molar-refractivity contribution in [3.8, 4) is 11.5 Å². The normalized spacial score (nSPS) is 17.6. The summed E-state index contributed by atoms with van der Waals surface area (Å²) in [5.41, 5.74) is 3.06. The molecule has 39 heavy (non-hydrogen) atoms. The molecule has 0 aliphatic carbocycles. The number of piperidine rings is 1. The second-order valence-electron chi connectivity index (χ2n) is 9.77. The van der Waals surface area contributed by atoms with Crippen LogP contribution in [-0.2, 0) is 14.8 Å². The van der Waals surface area contributed by atoms with Gasteiger partial charge in [0, 0.05) is 29.7 Å². The van der Waals surface area contributed by atoms with Gasteiger partial charge in [0.2, 0.25) is 22.7 Å². The molecule has 0 unspecified atom stereocenters. The maximum absolute atomic E-state index is 13.2. The number of carbonyl (C=O) groups excluding carboxylic acids is 1. The Kier molecular flexibility index (Phi) is 6.86. The standard InChI is InChI=1S/C27H29N5O5S2/c1-3-20-6-4-5-11-31(20)39(34,35)21-9-7-19(8-10-21)28-25(33)15-38-27-30-29-26-17(2)12-18-13-23-24(37-16-36-23)14-22(18)32(26)27/h7-10,12-14,20H,3-6,11,15-16H2,1-2H3,(H,28,33)/t20-/m0/s1. The number of pyridine rings is 1. The molecule has 204 valence electrons. The van der Waals surface area contributed by atoms with Crippen molar-refractivity contribution in [2.24, 2.45) is 0 Å². The molecular formula is C27H29N5O5S2. The van der Waals surface area contributed by atoms with Gasteiger partial charge in [-0.1, -0.05) is 25.1 Å². The van der Waals surface area contributed by atoms with Crippen molar-refractivity contribution in [2.75, 3.05) is 24.4 Å². The van der Waals surface area contributed by atoms with Gasteiger partial charge in [-0.2, -0.15) is 4.31 Å². The topological polar surface area (TPSA) is 115 Å². The van der Waals surface area contributed by atoms with E-state index in [0.29, 0.717) is 34.5 Å². The van der Waals surface area contributed by atoms with Gasteiger partial charge in [0.15, 0.2) is 22.3 Å². The molecule has 1 fully saturated rings. The molecule has 0 spiro atoms. The fourth-order valence-corrected chi connectivity index (χ4v) is 7.77. The molecule has 6 rings (SSSR count). The van der Waals surface area contributed by atoms with Crippen LogP contribution in [0.15, 0.2) is 52.5 Å². The van der Waals surface area contributed by atoms with Crippen LogP contribution in [0, 0.1) is 6.92 Å². The summed E-state index contributed by atoms with van der Waals surface area (Å²) >= 11 is 1.27. The SMILES string of the molecule is CC[C@H]1CCCCN1S(=O)(=O)c1ccc(NC(=O)CSc2nnc3c(C)cc4cc5c(cc4n23)OCO5)cc1. The maximum Gasteiger partial charge on any atom is 0.243 e. The largest absolute Gasteiger partial charge is 0.454 e. The van der Waals surface area contributed by atoms with Crippen LogP contribution >= 0.6 is 11.8 Å². The van der Waals surface area contributed by atoms with Crippen molar-refractivity contribution >= 4 is 49.9 Å². The predicted octanol–water partition coefficient (Wildman–Crippen LogP) is 4.60. The third-order valence-corrected chi connectivity index (χ3v) is 10.1. The Hall–Kier alpha value is -3.35. The fourth-order valence-electron chi connectivity index (χ4n) is 5.26. The van der Waals surface area contributed by atoms with E-state index in [2.05, 4.69) is 15.5 Å². The quantitative estimate of drug-likeness (QED) is 0.322. The highest BCUT2D eigenvalue weighted by atomic mass is 32.2. The first-order valence-corrected chi connectivity index (χ1v) is 15.4. The van der Waals surface area contributed by atoms with Crippen LogP contribution < -0.4 is 14.8 Å². The van der Waals surface area contributed by atoms with E-state index in [9.17, 15) is 13.2 Å². The van der Waals surface area contributed by atoms with Gasteiger partial charge < -0.3 is 14.8 Å². The lowest BCUT2D eigenvalue weighted by Crippen LogP contribution is -2.43. The summed E-state index contributed by atoms with van der Waals surface area (Å²) in [7, 11) is -3.57. The van der Waals surface area contributed by atoms with Crippen LogP contribution in [0.4, 0.5) is 5.69 Å². The zero-order valence-electron chi connectivity index (χ0n) is 21.7. The lowest BCUT2D eigenvalue weighted by molar-refractivity contribution is -0.113. The molecule has 1 saturated heterocycles. The van der Waals surface area contributed by atoms with Crippen LogP contribution in [0.5, 0.6) is 11.5 Å². The van der Waals surface area contributed by atoms with Crippen molar-refractivity contribution in [2.45, 2.75) is 55.6 Å². The van der Waals surface area contributed by atoms with Gasteiger partial charge in [-0.15, -0.1) is 10.2 Å². The summed E-state index contributed by atoms with van der Waals surface area (Å²) in [4.78, 5) is 13.0.